The van der Waals surface area contributed by atoms with E-state index in [1.54, 1.807) is 0 Å². The smallest absolute Gasteiger partial charge is 0.315 e. The molecule has 1 aliphatic rings. The lowest BCUT2D eigenvalue weighted by Crippen LogP contribution is -2.36. The van der Waals surface area contributed by atoms with Gasteiger partial charge in [-0.1, -0.05) is 36.4 Å². The normalized spacial score (nSPS) is 14.8. The standard InChI is InChI=1S/C22H27N5O2/c28-22(23-10-9-21-25-19-3-1-2-4-20(19)26-21)24-15-17-5-7-18(8-6-17)16-27-11-13-29-14-12-27/h1-8H,9-16H2,(H,25,26)(H2,23,24,28). The third-order valence-corrected chi connectivity index (χ3v) is 5.07. The van der Waals surface area contributed by atoms with E-state index in [2.05, 4.69) is 49.8 Å². The number of benzene rings is 2. The molecule has 0 bridgehead atoms. The molecule has 4 rings (SSSR count). The number of aromatic amines is 1. The topological polar surface area (TPSA) is 82.3 Å². The van der Waals surface area contributed by atoms with Gasteiger partial charge in [-0.25, -0.2) is 9.78 Å². The van der Waals surface area contributed by atoms with Crippen LogP contribution in [-0.2, 0) is 24.2 Å². The van der Waals surface area contributed by atoms with Crippen LogP contribution in [0.5, 0.6) is 0 Å². The first-order valence-electron chi connectivity index (χ1n) is 10.1. The van der Waals surface area contributed by atoms with Crippen molar-refractivity contribution in [2.45, 2.75) is 19.5 Å². The second kappa shape index (κ2) is 9.54. The van der Waals surface area contributed by atoms with Crippen LogP contribution in [0.4, 0.5) is 4.79 Å². The number of aromatic nitrogens is 2. The van der Waals surface area contributed by atoms with Gasteiger partial charge in [-0.05, 0) is 23.3 Å². The summed E-state index contributed by atoms with van der Waals surface area (Å²) in [6.07, 6.45) is 0.665. The average molecular weight is 393 g/mol. The third-order valence-electron chi connectivity index (χ3n) is 5.07. The van der Waals surface area contributed by atoms with Gasteiger partial charge in [0.2, 0.25) is 0 Å². The molecule has 1 fully saturated rings. The molecule has 29 heavy (non-hydrogen) atoms. The van der Waals surface area contributed by atoms with E-state index in [0.717, 1.165) is 55.3 Å². The molecular weight excluding hydrogens is 366 g/mol. The maximum atomic E-state index is 12.0. The molecule has 0 radical (unpaired) electrons. The van der Waals surface area contributed by atoms with Crippen LogP contribution < -0.4 is 10.6 Å². The number of nitrogens with one attached hydrogen (secondary N) is 3. The number of imidazole rings is 1. The zero-order valence-electron chi connectivity index (χ0n) is 16.5. The monoisotopic (exact) mass is 393 g/mol. The minimum absolute atomic E-state index is 0.168. The van der Waals surface area contributed by atoms with Crippen LogP contribution in [-0.4, -0.2) is 53.7 Å². The molecule has 0 saturated carbocycles. The number of hydrogen-bond donors (Lipinski definition) is 3. The van der Waals surface area contributed by atoms with Gasteiger partial charge in [-0.2, -0.15) is 0 Å². The van der Waals surface area contributed by atoms with E-state index >= 15 is 0 Å². The largest absolute Gasteiger partial charge is 0.379 e. The Kier molecular flexibility index (Phi) is 6.38. The summed E-state index contributed by atoms with van der Waals surface area (Å²) in [5, 5.41) is 5.79. The summed E-state index contributed by atoms with van der Waals surface area (Å²) in [5.74, 6) is 0.877. The van der Waals surface area contributed by atoms with E-state index in [1.807, 2.05) is 24.3 Å². The maximum Gasteiger partial charge on any atom is 0.315 e. The van der Waals surface area contributed by atoms with Gasteiger partial charge >= 0.3 is 6.03 Å². The van der Waals surface area contributed by atoms with E-state index < -0.39 is 0 Å². The second-order valence-corrected chi connectivity index (χ2v) is 7.27. The molecule has 2 aromatic carbocycles. The van der Waals surface area contributed by atoms with Crippen LogP contribution in [0.2, 0.25) is 0 Å². The SMILES string of the molecule is O=C(NCCc1nc2ccccc2[nH]1)NCc1ccc(CN2CCOCC2)cc1. The molecule has 7 heteroatoms. The zero-order valence-corrected chi connectivity index (χ0v) is 16.5. The van der Waals surface area contributed by atoms with Crippen LogP contribution in [0.25, 0.3) is 11.0 Å². The van der Waals surface area contributed by atoms with Crippen molar-refractivity contribution in [1.82, 2.24) is 25.5 Å². The second-order valence-electron chi connectivity index (χ2n) is 7.27. The number of ether oxygens (including phenoxy) is 1. The van der Waals surface area contributed by atoms with Gasteiger partial charge in [0.25, 0.3) is 0 Å². The van der Waals surface area contributed by atoms with Crippen LogP contribution in [0.1, 0.15) is 17.0 Å². The first-order chi connectivity index (χ1) is 14.3. The van der Waals surface area contributed by atoms with Crippen molar-refractivity contribution in [2.75, 3.05) is 32.8 Å². The summed E-state index contributed by atoms with van der Waals surface area (Å²) in [5.41, 5.74) is 4.34. The number of amides is 2. The molecule has 7 nitrogen and oxygen atoms in total. The van der Waals surface area contributed by atoms with Gasteiger partial charge in [-0.15, -0.1) is 0 Å². The van der Waals surface area contributed by atoms with Crippen LogP contribution in [0.15, 0.2) is 48.5 Å². The number of carbonyl (C=O) groups is 1. The molecule has 2 amide bonds. The number of carbonyl (C=O) groups excluding carboxylic acids is 1. The fraction of sp³-hybridized carbons (Fsp3) is 0.364. The van der Waals surface area contributed by atoms with Gasteiger partial charge in [0.15, 0.2) is 0 Å². The highest BCUT2D eigenvalue weighted by molar-refractivity contribution is 5.75. The van der Waals surface area contributed by atoms with E-state index in [-0.39, 0.29) is 6.03 Å². The molecule has 3 N–H and O–H groups in total. The number of urea groups is 1. The molecule has 152 valence electrons. The Morgan fingerprint density at radius 1 is 1.03 bits per heavy atom. The molecule has 3 aromatic rings. The lowest BCUT2D eigenvalue weighted by molar-refractivity contribution is 0.0342. The minimum Gasteiger partial charge on any atom is -0.379 e. The number of hydrogen-bond acceptors (Lipinski definition) is 4. The summed E-state index contributed by atoms with van der Waals surface area (Å²) in [4.78, 5) is 22.2. The zero-order chi connectivity index (χ0) is 19.9. The first-order valence-corrected chi connectivity index (χ1v) is 10.1. The molecule has 0 unspecified atom stereocenters. The summed E-state index contributed by atoms with van der Waals surface area (Å²) in [6.45, 7) is 5.58. The Morgan fingerprint density at radius 2 is 1.79 bits per heavy atom. The summed E-state index contributed by atoms with van der Waals surface area (Å²) in [7, 11) is 0. The van der Waals surface area contributed by atoms with Crippen molar-refractivity contribution in [3.63, 3.8) is 0 Å². The van der Waals surface area contributed by atoms with Gasteiger partial charge in [0.05, 0.1) is 24.2 Å². The fourth-order valence-corrected chi connectivity index (χ4v) is 3.44. The average Bonchev–Trinajstić information content (AvgIpc) is 3.17. The number of nitrogens with zero attached hydrogens (tertiary/aromatic N) is 2. The quantitative estimate of drug-likeness (QED) is 0.576. The fourth-order valence-electron chi connectivity index (χ4n) is 3.44. The Hall–Kier alpha value is -2.90. The molecule has 1 aliphatic heterocycles. The van der Waals surface area contributed by atoms with Crippen molar-refractivity contribution in [2.24, 2.45) is 0 Å². The number of H-pyrrole nitrogens is 1. The lowest BCUT2D eigenvalue weighted by Gasteiger charge is -2.26. The third kappa shape index (κ3) is 5.56. The van der Waals surface area contributed by atoms with Crippen molar-refractivity contribution in [3.05, 3.63) is 65.5 Å². The highest BCUT2D eigenvalue weighted by Gasteiger charge is 2.10. The highest BCUT2D eigenvalue weighted by Crippen LogP contribution is 2.11. The van der Waals surface area contributed by atoms with Gasteiger partial charge in [-0.3, -0.25) is 4.90 Å². The maximum absolute atomic E-state index is 12.0. The van der Waals surface area contributed by atoms with E-state index in [1.165, 1.54) is 5.56 Å². The van der Waals surface area contributed by atoms with Crippen LogP contribution in [0.3, 0.4) is 0 Å². The van der Waals surface area contributed by atoms with Gasteiger partial charge < -0.3 is 20.4 Å². The molecule has 1 saturated heterocycles. The molecular formula is C22H27N5O2. The van der Waals surface area contributed by atoms with Crippen molar-refractivity contribution in [3.8, 4) is 0 Å². The molecule has 1 aromatic heterocycles. The summed E-state index contributed by atoms with van der Waals surface area (Å²) < 4.78 is 5.38. The van der Waals surface area contributed by atoms with Gasteiger partial charge in [0.1, 0.15) is 5.82 Å². The van der Waals surface area contributed by atoms with Crippen LogP contribution in [0, 0.1) is 0 Å². The molecule has 2 heterocycles. The molecule has 0 atom stereocenters. The van der Waals surface area contributed by atoms with Crippen molar-refractivity contribution in [1.29, 1.82) is 0 Å². The first kappa shape index (κ1) is 19.4. The van der Waals surface area contributed by atoms with Crippen molar-refractivity contribution >= 4 is 17.1 Å². The number of para-hydroxylation sites is 2. The Bertz CT molecular complexity index is 899. The molecule has 0 aliphatic carbocycles. The van der Waals surface area contributed by atoms with Gasteiger partial charge in [0, 0.05) is 39.1 Å². The Labute approximate surface area is 170 Å². The minimum atomic E-state index is -0.168. The summed E-state index contributed by atoms with van der Waals surface area (Å²) in [6, 6.07) is 16.2. The Balaban J connectivity index is 1.17. The Morgan fingerprint density at radius 3 is 2.59 bits per heavy atom. The molecule has 0 spiro atoms. The van der Waals surface area contributed by atoms with E-state index in [9.17, 15) is 4.79 Å². The van der Waals surface area contributed by atoms with E-state index in [0.29, 0.717) is 19.5 Å². The highest BCUT2D eigenvalue weighted by atomic mass is 16.5. The number of morpholine rings is 1. The summed E-state index contributed by atoms with van der Waals surface area (Å²) >= 11 is 0. The van der Waals surface area contributed by atoms with Crippen molar-refractivity contribution < 1.29 is 9.53 Å². The number of rotatable bonds is 7. The van der Waals surface area contributed by atoms with E-state index in [4.69, 9.17) is 4.74 Å². The lowest BCUT2D eigenvalue weighted by atomic mass is 10.1. The van der Waals surface area contributed by atoms with Crippen LogP contribution >= 0.6 is 0 Å². The number of fused-ring (bicyclic) bond motifs is 1. The predicted octanol–water partition coefficient (Wildman–Crippen LogP) is 2.44. The predicted molar refractivity (Wildman–Crippen MR) is 113 cm³/mol.